The number of rotatable bonds is 2. The summed E-state index contributed by atoms with van der Waals surface area (Å²) >= 11 is 0. The van der Waals surface area contributed by atoms with E-state index >= 15 is 0 Å². The first-order chi connectivity index (χ1) is 12.7. The summed E-state index contributed by atoms with van der Waals surface area (Å²) in [4.78, 5) is 11.3. The van der Waals surface area contributed by atoms with Gasteiger partial charge in [0.2, 0.25) is 0 Å². The van der Waals surface area contributed by atoms with Gasteiger partial charge in [-0.05, 0) is 51.9 Å². The van der Waals surface area contributed by atoms with Crippen molar-refractivity contribution in [2.75, 3.05) is 5.32 Å². The first-order valence-corrected chi connectivity index (χ1v) is 8.98. The van der Waals surface area contributed by atoms with Crippen LogP contribution in [-0.2, 0) is 0 Å². The van der Waals surface area contributed by atoms with Gasteiger partial charge in [-0.3, -0.25) is 0 Å². The van der Waals surface area contributed by atoms with E-state index in [2.05, 4.69) is 59.9 Å². The average Bonchev–Trinajstić information content (AvgIpc) is 3.16. The molecule has 0 amide bonds. The number of nitrogens with one attached hydrogen (secondary N) is 1. The van der Waals surface area contributed by atoms with Crippen LogP contribution in [0.25, 0.3) is 10.8 Å². The van der Waals surface area contributed by atoms with Gasteiger partial charge in [-0.1, -0.05) is 60.7 Å². The van der Waals surface area contributed by atoms with E-state index in [0.717, 1.165) is 17.7 Å². The van der Waals surface area contributed by atoms with Crippen LogP contribution in [0.1, 0.15) is 39.9 Å². The van der Waals surface area contributed by atoms with E-state index in [4.69, 9.17) is 0 Å². The lowest BCUT2D eigenvalue weighted by molar-refractivity contribution is -0.255. The number of carboxylic acid groups (broad SMARTS) is 1. The molecule has 1 N–H and O–H groups in total. The van der Waals surface area contributed by atoms with Crippen LogP contribution in [0.5, 0.6) is 0 Å². The summed E-state index contributed by atoms with van der Waals surface area (Å²) in [5, 5.41) is 17.5. The zero-order valence-corrected chi connectivity index (χ0v) is 14.2. The number of carbonyl (C=O) groups excluding carboxylic acids is 1. The molecular formula is C23H18NO2-. The van der Waals surface area contributed by atoms with Crippen LogP contribution >= 0.6 is 0 Å². The third-order valence-corrected chi connectivity index (χ3v) is 5.76. The second-order valence-corrected chi connectivity index (χ2v) is 7.13. The minimum atomic E-state index is -1.12. The molecule has 0 aromatic heterocycles. The molecule has 0 spiro atoms. The average molecular weight is 340 g/mol. The van der Waals surface area contributed by atoms with Crippen molar-refractivity contribution in [1.82, 2.24) is 0 Å². The van der Waals surface area contributed by atoms with E-state index < -0.39 is 5.97 Å². The number of carboxylic acids is 1. The molecule has 0 saturated heterocycles. The molecule has 128 valence electrons. The summed E-state index contributed by atoms with van der Waals surface area (Å²) < 4.78 is 0. The van der Waals surface area contributed by atoms with Crippen molar-refractivity contribution in [2.24, 2.45) is 5.92 Å². The molecule has 0 saturated carbocycles. The van der Waals surface area contributed by atoms with Crippen LogP contribution in [0.3, 0.4) is 0 Å². The van der Waals surface area contributed by atoms with Crippen molar-refractivity contribution in [2.45, 2.75) is 18.4 Å². The molecule has 26 heavy (non-hydrogen) atoms. The van der Waals surface area contributed by atoms with Gasteiger partial charge in [-0.15, -0.1) is 0 Å². The Balaban J connectivity index is 1.65. The highest BCUT2D eigenvalue weighted by molar-refractivity contribution is 5.88. The van der Waals surface area contributed by atoms with E-state index in [1.54, 1.807) is 12.1 Å². The van der Waals surface area contributed by atoms with Gasteiger partial charge in [0.25, 0.3) is 0 Å². The molecule has 0 bridgehead atoms. The van der Waals surface area contributed by atoms with Crippen molar-refractivity contribution < 1.29 is 9.90 Å². The fourth-order valence-corrected chi connectivity index (χ4v) is 4.55. The lowest BCUT2D eigenvalue weighted by Crippen LogP contribution is -2.30. The molecule has 5 rings (SSSR count). The monoisotopic (exact) mass is 340 g/mol. The SMILES string of the molecule is O=C([O-])c1ccc2c(c1)[C@H]1C=CC[C@H]1[C@@H](c1cccc3ccccc13)N2. The third kappa shape index (κ3) is 2.24. The van der Waals surface area contributed by atoms with Crippen LogP contribution in [0.15, 0.2) is 72.8 Å². The number of fused-ring (bicyclic) bond motifs is 4. The van der Waals surface area contributed by atoms with E-state index in [1.807, 2.05) is 6.07 Å². The van der Waals surface area contributed by atoms with Crippen LogP contribution in [0.2, 0.25) is 0 Å². The molecule has 3 atom stereocenters. The number of benzene rings is 3. The minimum Gasteiger partial charge on any atom is -0.545 e. The Labute approximate surface area is 152 Å². The first kappa shape index (κ1) is 15.2. The number of carbonyl (C=O) groups is 1. The largest absolute Gasteiger partial charge is 0.545 e. The fraction of sp³-hybridized carbons (Fsp3) is 0.174. The van der Waals surface area contributed by atoms with E-state index in [0.29, 0.717) is 5.92 Å². The standard InChI is InChI=1S/C23H19NO2/c25-23(26)15-11-12-21-20(13-15)17-8-4-10-19(17)22(24-21)18-9-3-6-14-5-1-2-7-16(14)18/h1-9,11-13,17,19,22,24H,10H2,(H,25,26)/p-1/t17-,19+,22+/m0/s1. The highest BCUT2D eigenvalue weighted by Gasteiger charge is 2.38. The Morgan fingerprint density at radius 3 is 2.73 bits per heavy atom. The van der Waals surface area contributed by atoms with Crippen LogP contribution in [-0.4, -0.2) is 5.97 Å². The second-order valence-electron chi connectivity index (χ2n) is 7.13. The Kier molecular flexibility index (Phi) is 3.35. The minimum absolute atomic E-state index is 0.197. The zero-order chi connectivity index (χ0) is 17.7. The van der Waals surface area contributed by atoms with E-state index in [1.165, 1.54) is 16.3 Å². The third-order valence-electron chi connectivity index (χ3n) is 5.76. The maximum Gasteiger partial charge on any atom is 0.0715 e. The summed E-state index contributed by atoms with van der Waals surface area (Å²) in [7, 11) is 0. The number of hydrogen-bond donors (Lipinski definition) is 1. The lowest BCUT2D eigenvalue weighted by Gasteiger charge is -2.38. The molecule has 3 aromatic carbocycles. The Morgan fingerprint density at radius 1 is 1.00 bits per heavy atom. The summed E-state index contributed by atoms with van der Waals surface area (Å²) in [5.74, 6) is -0.512. The van der Waals surface area contributed by atoms with Gasteiger partial charge in [-0.25, -0.2) is 0 Å². The van der Waals surface area contributed by atoms with Crippen molar-refractivity contribution in [3.05, 3.63) is 89.5 Å². The topological polar surface area (TPSA) is 52.2 Å². The maximum atomic E-state index is 11.3. The van der Waals surface area contributed by atoms with Gasteiger partial charge in [0.1, 0.15) is 0 Å². The summed E-state index contributed by atoms with van der Waals surface area (Å²) in [6, 6.07) is 20.4. The van der Waals surface area contributed by atoms with Gasteiger partial charge in [0.15, 0.2) is 0 Å². The number of aromatic carboxylic acids is 1. The van der Waals surface area contributed by atoms with Gasteiger partial charge in [0, 0.05) is 11.6 Å². The molecule has 1 aliphatic heterocycles. The molecular weight excluding hydrogens is 322 g/mol. The Morgan fingerprint density at radius 2 is 1.85 bits per heavy atom. The Hall–Kier alpha value is -3.07. The first-order valence-electron chi connectivity index (χ1n) is 8.98. The Bertz CT molecular complexity index is 1050. The molecule has 3 aromatic rings. The van der Waals surface area contributed by atoms with E-state index in [9.17, 15) is 9.90 Å². The predicted molar refractivity (Wildman–Crippen MR) is 101 cm³/mol. The van der Waals surface area contributed by atoms with Crippen LogP contribution in [0.4, 0.5) is 5.69 Å². The van der Waals surface area contributed by atoms with Crippen molar-refractivity contribution >= 4 is 22.4 Å². The number of allylic oxidation sites excluding steroid dienone is 2. The maximum absolute atomic E-state index is 11.3. The van der Waals surface area contributed by atoms with Gasteiger partial charge >= 0.3 is 0 Å². The molecule has 0 unspecified atom stereocenters. The van der Waals surface area contributed by atoms with Gasteiger partial charge in [0.05, 0.1) is 12.0 Å². The molecule has 1 heterocycles. The molecule has 3 nitrogen and oxygen atoms in total. The van der Waals surface area contributed by atoms with Gasteiger partial charge in [-0.2, -0.15) is 0 Å². The van der Waals surface area contributed by atoms with Crippen molar-refractivity contribution in [3.63, 3.8) is 0 Å². The number of hydrogen-bond acceptors (Lipinski definition) is 3. The summed E-state index contributed by atoms with van der Waals surface area (Å²) in [6.07, 6.45) is 5.43. The highest BCUT2D eigenvalue weighted by Crippen LogP contribution is 2.50. The van der Waals surface area contributed by atoms with Gasteiger partial charge < -0.3 is 15.2 Å². The molecule has 0 fully saturated rings. The zero-order valence-electron chi connectivity index (χ0n) is 14.2. The molecule has 2 aliphatic rings. The molecule has 3 heteroatoms. The summed E-state index contributed by atoms with van der Waals surface area (Å²) in [6.45, 7) is 0. The van der Waals surface area contributed by atoms with Crippen LogP contribution in [0, 0.1) is 5.92 Å². The van der Waals surface area contributed by atoms with Crippen molar-refractivity contribution in [1.29, 1.82) is 0 Å². The molecule has 0 radical (unpaired) electrons. The number of anilines is 1. The van der Waals surface area contributed by atoms with E-state index in [-0.39, 0.29) is 17.5 Å². The quantitative estimate of drug-likeness (QED) is 0.717. The molecule has 1 aliphatic carbocycles. The summed E-state index contributed by atoms with van der Waals surface area (Å²) in [5.41, 5.74) is 3.62. The normalized spacial score (nSPS) is 23.3. The smallest absolute Gasteiger partial charge is 0.0715 e. The predicted octanol–water partition coefficient (Wildman–Crippen LogP) is 4.03. The fourth-order valence-electron chi connectivity index (χ4n) is 4.55. The second kappa shape index (κ2) is 5.73. The van der Waals surface area contributed by atoms with Crippen LogP contribution < -0.4 is 10.4 Å². The van der Waals surface area contributed by atoms with Crippen molar-refractivity contribution in [3.8, 4) is 0 Å². The lowest BCUT2D eigenvalue weighted by atomic mass is 9.76. The highest BCUT2D eigenvalue weighted by atomic mass is 16.4.